The van der Waals surface area contributed by atoms with E-state index in [2.05, 4.69) is 0 Å². The van der Waals surface area contributed by atoms with Gasteiger partial charge in [-0.2, -0.15) is 0 Å². The zero-order valence-corrected chi connectivity index (χ0v) is 41.5. The minimum Gasteiger partial charge on any atom is -0.493 e. The highest BCUT2D eigenvalue weighted by atomic mass is 16.7. The number of methoxy groups -OCH3 is 2. The average molecular weight is 957 g/mol. The predicted octanol–water partition coefficient (Wildman–Crippen LogP) is 9.85. The number of Topliss-reactive ketones (excluding diaryl/α,β-unsaturated/α-hetero) is 4. The van der Waals surface area contributed by atoms with Crippen molar-refractivity contribution in [1.29, 1.82) is 0 Å². The van der Waals surface area contributed by atoms with Gasteiger partial charge in [0.15, 0.2) is 46.1 Å². The number of carbonyl (C=O) groups excluding carboxylic acids is 4. The SMILES string of the molecule is COC1=CC2=C(O[C@H]3COc4cc5c(cc4[C@H]3C2=O)OCO5)C(CC=C(C)C)(CC=C(C)C)C1=O.COC1=CC2=C(O[C@H]3COc4cc5c(cc4[C@H]3C2=O)OCO5)C(CC=C(C)C)(CC=C(C)C)C1=O. The molecule has 2 aromatic carbocycles. The van der Waals surface area contributed by atoms with Crippen LogP contribution in [0.3, 0.4) is 0 Å². The van der Waals surface area contributed by atoms with Gasteiger partial charge in [-0.1, -0.05) is 46.6 Å². The van der Waals surface area contributed by atoms with Crippen molar-refractivity contribution in [1.82, 2.24) is 0 Å². The van der Waals surface area contributed by atoms with Crippen molar-refractivity contribution in [3.8, 4) is 34.5 Å². The highest BCUT2D eigenvalue weighted by Crippen LogP contribution is 2.55. The molecule has 6 aliphatic heterocycles. The Balaban J connectivity index is 0.000000174. The van der Waals surface area contributed by atoms with Gasteiger partial charge in [0.1, 0.15) is 59.3 Å². The lowest BCUT2D eigenvalue weighted by atomic mass is 9.67. The Morgan fingerprint density at radius 1 is 0.500 bits per heavy atom. The second-order valence-electron chi connectivity index (χ2n) is 19.8. The molecule has 70 heavy (non-hydrogen) atoms. The molecule has 0 aromatic heterocycles. The molecule has 0 saturated heterocycles. The third-order valence-electron chi connectivity index (χ3n) is 14.0. The maximum atomic E-state index is 14.1. The molecule has 4 atom stereocenters. The van der Waals surface area contributed by atoms with Crippen molar-refractivity contribution in [2.45, 2.75) is 105 Å². The van der Waals surface area contributed by atoms with Crippen molar-refractivity contribution >= 4 is 23.1 Å². The molecule has 0 unspecified atom stereocenters. The highest BCUT2D eigenvalue weighted by Gasteiger charge is 2.57. The minimum absolute atomic E-state index is 0.111. The topological polar surface area (TPSA) is 161 Å². The number of hydrogen-bond donors (Lipinski definition) is 0. The molecule has 8 aliphatic rings. The van der Waals surface area contributed by atoms with E-state index in [0.717, 1.165) is 22.3 Å². The number of benzene rings is 2. The Morgan fingerprint density at radius 3 is 1.14 bits per heavy atom. The van der Waals surface area contributed by atoms with Crippen molar-refractivity contribution in [3.05, 3.63) is 128 Å². The van der Waals surface area contributed by atoms with Crippen LogP contribution in [-0.4, -0.2) is 76.4 Å². The van der Waals surface area contributed by atoms with E-state index in [0.29, 0.717) is 94.0 Å². The smallest absolute Gasteiger partial charge is 0.231 e. The molecule has 2 aliphatic carbocycles. The zero-order chi connectivity index (χ0) is 49.8. The van der Waals surface area contributed by atoms with Crippen LogP contribution in [0.5, 0.6) is 34.5 Å². The minimum atomic E-state index is -1.07. The second-order valence-corrected chi connectivity index (χ2v) is 19.8. The Kier molecular flexibility index (Phi) is 12.9. The van der Waals surface area contributed by atoms with Crippen LogP contribution in [-0.2, 0) is 38.1 Å². The van der Waals surface area contributed by atoms with Gasteiger partial charge in [-0.25, -0.2) is 0 Å². The number of fused-ring (bicyclic) bond motifs is 8. The van der Waals surface area contributed by atoms with E-state index in [1.54, 1.807) is 36.4 Å². The summed E-state index contributed by atoms with van der Waals surface area (Å²) in [6.45, 7) is 16.6. The van der Waals surface area contributed by atoms with Gasteiger partial charge in [0, 0.05) is 23.3 Å². The monoisotopic (exact) mass is 956 g/mol. The van der Waals surface area contributed by atoms with Crippen LogP contribution >= 0.6 is 0 Å². The van der Waals surface area contributed by atoms with Gasteiger partial charge in [-0.15, -0.1) is 0 Å². The summed E-state index contributed by atoms with van der Waals surface area (Å²) < 4.78 is 58.2. The summed E-state index contributed by atoms with van der Waals surface area (Å²) in [5, 5.41) is 0. The highest BCUT2D eigenvalue weighted by molar-refractivity contribution is 6.13. The van der Waals surface area contributed by atoms with Gasteiger partial charge in [-0.3, -0.25) is 19.2 Å². The third kappa shape index (κ3) is 8.28. The summed E-state index contributed by atoms with van der Waals surface area (Å²) in [6.07, 6.45) is 11.7. The van der Waals surface area contributed by atoms with Gasteiger partial charge >= 0.3 is 0 Å². The van der Waals surface area contributed by atoms with Crippen LogP contribution in [0.4, 0.5) is 0 Å². The molecular formula is C56H60O14. The van der Waals surface area contributed by atoms with E-state index >= 15 is 0 Å². The van der Waals surface area contributed by atoms with Gasteiger partial charge in [-0.05, 0) is 105 Å². The zero-order valence-electron chi connectivity index (χ0n) is 41.5. The fourth-order valence-electron chi connectivity index (χ4n) is 10.2. The Labute approximate surface area is 408 Å². The van der Waals surface area contributed by atoms with Crippen LogP contribution in [0.25, 0.3) is 0 Å². The molecule has 0 fully saturated rings. The number of rotatable bonds is 10. The molecule has 14 heteroatoms. The molecule has 0 bridgehead atoms. The molecule has 368 valence electrons. The molecule has 14 nitrogen and oxygen atoms in total. The summed E-state index contributed by atoms with van der Waals surface area (Å²) in [4.78, 5) is 55.8. The molecule has 0 N–H and O–H groups in total. The number of ether oxygens (including phenoxy) is 10. The van der Waals surface area contributed by atoms with Crippen LogP contribution < -0.4 is 28.4 Å². The fourth-order valence-corrected chi connectivity index (χ4v) is 10.2. The maximum absolute atomic E-state index is 14.1. The molecule has 0 spiro atoms. The third-order valence-corrected chi connectivity index (χ3v) is 14.0. The summed E-state index contributed by atoms with van der Waals surface area (Å²) >= 11 is 0. The molecule has 2 aromatic rings. The van der Waals surface area contributed by atoms with Gasteiger partial charge < -0.3 is 47.4 Å². The van der Waals surface area contributed by atoms with Crippen molar-refractivity contribution in [3.63, 3.8) is 0 Å². The van der Waals surface area contributed by atoms with Gasteiger partial charge in [0.05, 0.1) is 37.2 Å². The van der Waals surface area contributed by atoms with E-state index in [-0.39, 0.29) is 61.5 Å². The first-order valence-corrected chi connectivity index (χ1v) is 23.7. The lowest BCUT2D eigenvalue weighted by Crippen LogP contribution is -2.48. The fraction of sp³-hybridized carbons (Fsp3) is 0.429. The lowest BCUT2D eigenvalue weighted by molar-refractivity contribution is -0.135. The number of hydrogen-bond acceptors (Lipinski definition) is 14. The number of carbonyl (C=O) groups is 4. The van der Waals surface area contributed by atoms with Gasteiger partial charge in [0.2, 0.25) is 25.2 Å². The van der Waals surface area contributed by atoms with Crippen LogP contribution in [0.15, 0.2) is 117 Å². The summed E-state index contributed by atoms with van der Waals surface area (Å²) in [5.74, 6) is 2.93. The average Bonchev–Trinajstić information content (AvgIpc) is 4.00. The van der Waals surface area contributed by atoms with E-state index in [1.807, 2.05) is 79.7 Å². The van der Waals surface area contributed by atoms with Crippen LogP contribution in [0.2, 0.25) is 0 Å². The van der Waals surface area contributed by atoms with Crippen molar-refractivity contribution in [2.75, 3.05) is 41.0 Å². The normalized spacial score (nSPS) is 23.2. The maximum Gasteiger partial charge on any atom is 0.231 e. The van der Waals surface area contributed by atoms with E-state index < -0.39 is 34.9 Å². The lowest BCUT2D eigenvalue weighted by Gasteiger charge is -2.44. The number of ketones is 4. The first kappa shape index (κ1) is 48.1. The quantitative estimate of drug-likeness (QED) is 0.207. The summed E-state index contributed by atoms with van der Waals surface area (Å²) in [5.41, 5.74) is 4.35. The Morgan fingerprint density at radius 2 is 0.829 bits per heavy atom. The predicted molar refractivity (Wildman–Crippen MR) is 257 cm³/mol. The second kappa shape index (κ2) is 18.7. The van der Waals surface area contributed by atoms with Gasteiger partial charge in [0.25, 0.3) is 0 Å². The molecule has 10 rings (SSSR count). The number of allylic oxidation sites excluding steroid dienone is 16. The first-order chi connectivity index (χ1) is 33.5. The van der Waals surface area contributed by atoms with E-state index in [9.17, 15) is 19.2 Å². The van der Waals surface area contributed by atoms with E-state index in [4.69, 9.17) is 47.4 Å². The van der Waals surface area contributed by atoms with Crippen molar-refractivity contribution in [2.24, 2.45) is 10.8 Å². The Bertz CT molecular complexity index is 2600. The Hall–Kier alpha value is -6.96. The van der Waals surface area contributed by atoms with Crippen molar-refractivity contribution < 1.29 is 66.5 Å². The molecule has 0 radical (unpaired) electrons. The van der Waals surface area contributed by atoms with Crippen LogP contribution in [0, 0.1) is 10.8 Å². The van der Waals surface area contributed by atoms with Crippen LogP contribution in [0.1, 0.15) is 104 Å². The molecule has 0 amide bonds. The van der Waals surface area contributed by atoms with E-state index in [1.165, 1.54) is 14.2 Å². The standard InChI is InChI=1S/2C28H30O7/c2*1-15(2)6-8-28(9-7-16(3)4)26(30)22(31-5)11-18-25(29)24-17-10-20-21(34-14-33-20)12-19(17)32-13-23(24)35-27(18)28/h2*6-7,10-12,23-24H,8-9,13-14H2,1-5H3/t2*23-,24+/m00/s1. The summed E-state index contributed by atoms with van der Waals surface area (Å²) in [6, 6.07) is 7.13. The molecule has 0 saturated carbocycles. The largest absolute Gasteiger partial charge is 0.493 e. The molecule has 6 heterocycles. The summed E-state index contributed by atoms with van der Waals surface area (Å²) in [7, 11) is 2.92. The first-order valence-electron chi connectivity index (χ1n) is 23.7. The molecular weight excluding hydrogens is 897 g/mol.